The van der Waals surface area contributed by atoms with Crippen LogP contribution in [0.1, 0.15) is 41.1 Å². The molecule has 0 spiro atoms. The molecule has 2 aromatic carbocycles. The van der Waals surface area contributed by atoms with E-state index >= 15 is 0 Å². The van der Waals surface area contributed by atoms with Crippen LogP contribution >= 0.6 is 0 Å². The first-order valence-electron chi connectivity index (χ1n) is 10.7. The smallest absolute Gasteiger partial charge is 0.341 e. The average Bonchev–Trinajstić information content (AvgIpc) is 2.84. The van der Waals surface area contributed by atoms with E-state index in [4.69, 9.17) is 14.7 Å². The Morgan fingerprint density at radius 2 is 1.91 bits per heavy atom. The molecule has 0 radical (unpaired) electrons. The molecule has 0 saturated carbocycles. The third-order valence-corrected chi connectivity index (χ3v) is 5.47. The van der Waals surface area contributed by atoms with Gasteiger partial charge in [-0.05, 0) is 53.7 Å². The zero-order valence-electron chi connectivity index (χ0n) is 17.7. The number of allylic oxidation sites excluding steroid dienone is 1. The Morgan fingerprint density at radius 1 is 1.06 bits per heavy atom. The largest absolute Gasteiger partial charge is 0.482 e. The van der Waals surface area contributed by atoms with Gasteiger partial charge >= 0.3 is 5.97 Å². The van der Waals surface area contributed by atoms with Crippen molar-refractivity contribution in [1.82, 2.24) is 10.5 Å². The average molecular weight is 431 g/mol. The van der Waals surface area contributed by atoms with Gasteiger partial charge < -0.3 is 9.84 Å². The molecule has 6 nitrogen and oxygen atoms in total. The molecule has 1 atom stereocenters. The number of nitrogens with zero attached hydrogens (tertiary/aromatic N) is 1. The molecule has 0 aliphatic heterocycles. The number of pyridine rings is 1. The summed E-state index contributed by atoms with van der Waals surface area (Å²) in [4.78, 5) is 21.0. The second kappa shape index (κ2) is 10.7. The summed E-state index contributed by atoms with van der Waals surface area (Å²) < 4.78 is 5.49. The van der Waals surface area contributed by atoms with Crippen molar-refractivity contribution in [3.8, 4) is 5.75 Å². The highest BCUT2D eigenvalue weighted by Gasteiger charge is 2.19. The van der Waals surface area contributed by atoms with Crippen molar-refractivity contribution in [2.24, 2.45) is 0 Å². The van der Waals surface area contributed by atoms with Crippen LogP contribution in [-0.2, 0) is 16.1 Å². The van der Waals surface area contributed by atoms with Gasteiger partial charge in [-0.25, -0.2) is 4.79 Å². The molecular weight excluding hydrogens is 404 g/mol. The molecule has 3 aromatic rings. The third kappa shape index (κ3) is 5.41. The predicted octanol–water partition coefficient (Wildman–Crippen LogP) is 4.58. The van der Waals surface area contributed by atoms with Crippen LogP contribution in [0.25, 0.3) is 5.57 Å². The summed E-state index contributed by atoms with van der Waals surface area (Å²) in [5.41, 5.74) is 8.66. The Balaban J connectivity index is 1.45. The lowest BCUT2D eigenvalue weighted by atomic mass is 9.86. The molecule has 0 bridgehead atoms. The summed E-state index contributed by atoms with van der Waals surface area (Å²) in [7, 11) is 0. The minimum absolute atomic E-state index is 0.127. The number of aliphatic carboxylic acids is 1. The van der Waals surface area contributed by atoms with E-state index in [1.165, 1.54) is 5.57 Å². The lowest BCUT2D eigenvalue weighted by molar-refractivity contribution is -0.139. The summed E-state index contributed by atoms with van der Waals surface area (Å²) in [6, 6.07) is 19.7. The van der Waals surface area contributed by atoms with E-state index < -0.39 is 5.97 Å². The highest BCUT2D eigenvalue weighted by atomic mass is 16.6. The van der Waals surface area contributed by atoms with Crippen molar-refractivity contribution in [2.45, 2.75) is 25.3 Å². The molecule has 6 heteroatoms. The van der Waals surface area contributed by atoms with Crippen molar-refractivity contribution < 1.29 is 19.5 Å². The number of hydrogen-bond acceptors (Lipinski definition) is 5. The fourth-order valence-electron chi connectivity index (χ4n) is 4.00. The Bertz CT molecular complexity index is 1030. The Morgan fingerprint density at radius 3 is 2.69 bits per heavy atom. The second-order valence-electron chi connectivity index (χ2n) is 7.61. The molecule has 0 fully saturated rings. The van der Waals surface area contributed by atoms with Gasteiger partial charge in [-0.3, -0.25) is 9.82 Å². The van der Waals surface area contributed by atoms with Crippen molar-refractivity contribution in [2.75, 3.05) is 13.2 Å². The number of ether oxygens (including phenoxy) is 1. The molecule has 1 heterocycles. The molecular formula is C26H26N2O4. The van der Waals surface area contributed by atoms with Crippen LogP contribution in [0.2, 0.25) is 0 Å². The first-order valence-corrected chi connectivity index (χ1v) is 10.7. The molecule has 164 valence electrons. The van der Waals surface area contributed by atoms with Crippen LogP contribution in [0.4, 0.5) is 0 Å². The molecule has 2 N–H and O–H groups in total. The number of benzene rings is 2. The van der Waals surface area contributed by atoms with Gasteiger partial charge in [0.15, 0.2) is 6.61 Å². The van der Waals surface area contributed by atoms with Crippen molar-refractivity contribution >= 4 is 11.5 Å². The van der Waals surface area contributed by atoms with Gasteiger partial charge in [0.05, 0.1) is 12.6 Å². The Kier molecular flexibility index (Phi) is 7.27. The SMILES string of the molecule is O=C(O)COc1cccc2c1CCCC2=CCONC(c1ccccc1)c1cccnc1. The maximum Gasteiger partial charge on any atom is 0.341 e. The van der Waals surface area contributed by atoms with Crippen molar-refractivity contribution in [1.29, 1.82) is 0 Å². The summed E-state index contributed by atoms with van der Waals surface area (Å²) >= 11 is 0. The minimum atomic E-state index is -0.977. The number of carbonyl (C=O) groups is 1. The molecule has 1 unspecified atom stereocenters. The molecule has 4 rings (SSSR count). The number of aromatic nitrogens is 1. The standard InChI is InChI=1S/C26H26N2O4/c29-25(30)18-31-24-13-5-11-22-19(9-4-12-23(22)24)14-16-32-28-26(20-7-2-1-3-8-20)21-10-6-15-27-17-21/h1-3,5-8,10-11,13-15,17,26,28H,4,9,12,16,18H2,(H,29,30). The monoisotopic (exact) mass is 430 g/mol. The fraction of sp³-hybridized carbons (Fsp3) is 0.231. The van der Waals surface area contributed by atoms with E-state index in [2.05, 4.69) is 34.7 Å². The number of hydroxylamine groups is 1. The Labute approximate surface area is 187 Å². The molecule has 1 aliphatic carbocycles. The lowest BCUT2D eigenvalue weighted by Gasteiger charge is -2.22. The number of nitrogens with one attached hydrogen (secondary N) is 1. The Hall–Kier alpha value is -3.48. The lowest BCUT2D eigenvalue weighted by Crippen LogP contribution is -2.23. The van der Waals surface area contributed by atoms with Crippen LogP contribution in [0.5, 0.6) is 5.75 Å². The number of hydrogen-bond donors (Lipinski definition) is 2. The first kappa shape index (κ1) is 21.7. The van der Waals surface area contributed by atoms with Crippen molar-refractivity contribution in [3.05, 3.63) is 101 Å². The third-order valence-electron chi connectivity index (χ3n) is 5.47. The number of fused-ring (bicyclic) bond motifs is 1. The van der Waals surface area contributed by atoms with Gasteiger partial charge in [0, 0.05) is 18.0 Å². The van der Waals surface area contributed by atoms with Gasteiger partial charge in [0.1, 0.15) is 5.75 Å². The number of rotatable bonds is 9. The van der Waals surface area contributed by atoms with Crippen LogP contribution in [0.15, 0.2) is 79.1 Å². The maximum absolute atomic E-state index is 10.9. The van der Waals surface area contributed by atoms with E-state index in [1.807, 2.05) is 48.7 Å². The van der Waals surface area contributed by atoms with Gasteiger partial charge in [0.25, 0.3) is 0 Å². The van der Waals surface area contributed by atoms with Crippen LogP contribution < -0.4 is 10.2 Å². The molecule has 32 heavy (non-hydrogen) atoms. The first-order chi connectivity index (χ1) is 15.7. The van der Waals surface area contributed by atoms with Crippen LogP contribution in [0, 0.1) is 0 Å². The summed E-state index contributed by atoms with van der Waals surface area (Å²) in [5.74, 6) is -0.328. The summed E-state index contributed by atoms with van der Waals surface area (Å²) in [6.45, 7) is 0.0658. The zero-order valence-corrected chi connectivity index (χ0v) is 17.7. The second-order valence-corrected chi connectivity index (χ2v) is 7.61. The normalized spacial score (nSPS) is 15.2. The molecule has 0 saturated heterocycles. The molecule has 1 aromatic heterocycles. The van der Waals surface area contributed by atoms with E-state index in [9.17, 15) is 4.79 Å². The zero-order chi connectivity index (χ0) is 22.2. The fourth-order valence-corrected chi connectivity index (χ4v) is 4.00. The highest BCUT2D eigenvalue weighted by Crippen LogP contribution is 2.36. The number of carboxylic acid groups (broad SMARTS) is 1. The number of carboxylic acids is 1. The van der Waals surface area contributed by atoms with Gasteiger partial charge in [-0.15, -0.1) is 0 Å². The van der Waals surface area contributed by atoms with Crippen LogP contribution in [0.3, 0.4) is 0 Å². The van der Waals surface area contributed by atoms with Crippen LogP contribution in [-0.4, -0.2) is 29.3 Å². The summed E-state index contributed by atoms with van der Waals surface area (Å²) in [5, 5.41) is 8.92. The van der Waals surface area contributed by atoms with E-state index in [0.717, 1.165) is 41.5 Å². The predicted molar refractivity (Wildman–Crippen MR) is 122 cm³/mol. The quantitative estimate of drug-likeness (QED) is 0.382. The minimum Gasteiger partial charge on any atom is -0.482 e. The van der Waals surface area contributed by atoms with E-state index in [0.29, 0.717) is 12.4 Å². The van der Waals surface area contributed by atoms with E-state index in [1.54, 1.807) is 6.20 Å². The molecule has 0 amide bonds. The van der Waals surface area contributed by atoms with Gasteiger partial charge in [0.2, 0.25) is 0 Å². The van der Waals surface area contributed by atoms with E-state index in [-0.39, 0.29) is 12.6 Å². The maximum atomic E-state index is 10.9. The van der Waals surface area contributed by atoms with Crippen molar-refractivity contribution in [3.63, 3.8) is 0 Å². The summed E-state index contributed by atoms with van der Waals surface area (Å²) in [6.07, 6.45) is 8.48. The van der Waals surface area contributed by atoms with Gasteiger partial charge in [-0.1, -0.05) is 54.6 Å². The topological polar surface area (TPSA) is 80.7 Å². The highest BCUT2D eigenvalue weighted by molar-refractivity contribution is 5.73. The van der Waals surface area contributed by atoms with Gasteiger partial charge in [-0.2, -0.15) is 5.48 Å². The molecule has 1 aliphatic rings.